The van der Waals surface area contributed by atoms with Gasteiger partial charge in [-0.05, 0) is 43.7 Å². The van der Waals surface area contributed by atoms with E-state index >= 15 is 0 Å². The number of hydrogen-bond acceptors (Lipinski definition) is 6. The van der Waals surface area contributed by atoms with E-state index in [1.54, 1.807) is 54.3 Å². The van der Waals surface area contributed by atoms with Crippen LogP contribution >= 0.6 is 11.6 Å². The van der Waals surface area contributed by atoms with Crippen LogP contribution in [-0.4, -0.2) is 71.3 Å². The maximum Gasteiger partial charge on any atom is 0.313 e. The first kappa shape index (κ1) is 22.1. The van der Waals surface area contributed by atoms with E-state index in [-0.39, 0.29) is 38.1 Å². The van der Waals surface area contributed by atoms with Gasteiger partial charge in [0.05, 0.1) is 11.5 Å². The zero-order valence-corrected chi connectivity index (χ0v) is 18.9. The highest BCUT2D eigenvalue weighted by atomic mass is 35.5. The van der Waals surface area contributed by atoms with Crippen LogP contribution in [-0.2, 0) is 23.9 Å². The molecular weight excluding hydrogens is 448 g/mol. The maximum absolute atomic E-state index is 14.0. The lowest BCUT2D eigenvalue weighted by Crippen LogP contribution is -2.56. The topological polar surface area (TPSA) is 96.4 Å². The molecule has 0 aliphatic carbocycles. The van der Waals surface area contributed by atoms with Crippen molar-refractivity contribution < 1.29 is 29.0 Å². The SMILES string of the molecule is C[C@]12C=CCOC(=O)[C@H]1[C@H]1C(=O)N(CCCO)C3C(=O)N(c4ccc(Cl)cc4)CC=C[C@@]31O2. The third-order valence-corrected chi connectivity index (χ3v) is 7.26. The Morgan fingerprint density at radius 3 is 2.58 bits per heavy atom. The summed E-state index contributed by atoms with van der Waals surface area (Å²) in [5.41, 5.74) is -1.78. The number of halogens is 1. The number of ether oxygens (including phenoxy) is 2. The minimum atomic E-state index is -1.33. The summed E-state index contributed by atoms with van der Waals surface area (Å²) in [7, 11) is 0. The summed E-state index contributed by atoms with van der Waals surface area (Å²) in [6.45, 7) is 2.18. The summed E-state index contributed by atoms with van der Waals surface area (Å²) in [4.78, 5) is 43.8. The lowest BCUT2D eigenvalue weighted by molar-refractivity contribution is -0.156. The van der Waals surface area contributed by atoms with Gasteiger partial charge in [0, 0.05) is 30.4 Å². The Morgan fingerprint density at radius 1 is 1.09 bits per heavy atom. The Bertz CT molecular complexity index is 1060. The summed E-state index contributed by atoms with van der Waals surface area (Å²) in [5, 5.41) is 9.97. The molecule has 2 saturated heterocycles. The lowest BCUT2D eigenvalue weighted by atomic mass is 9.75. The van der Waals surface area contributed by atoms with Gasteiger partial charge in [-0.1, -0.05) is 29.8 Å². The number of anilines is 1. The highest BCUT2D eigenvalue weighted by Crippen LogP contribution is 2.57. The van der Waals surface area contributed by atoms with Gasteiger partial charge in [0.15, 0.2) is 0 Å². The number of aliphatic hydroxyl groups is 1. The summed E-state index contributed by atoms with van der Waals surface area (Å²) in [5.74, 6) is -2.96. The summed E-state index contributed by atoms with van der Waals surface area (Å²) in [6, 6.07) is 5.92. The minimum absolute atomic E-state index is 0.110. The molecule has 1 aromatic carbocycles. The maximum atomic E-state index is 14.0. The van der Waals surface area contributed by atoms with Crippen molar-refractivity contribution in [3.8, 4) is 0 Å². The third kappa shape index (κ3) is 3.23. The molecule has 5 rings (SSSR count). The number of amides is 2. The number of fused-ring (bicyclic) bond motifs is 2. The Morgan fingerprint density at radius 2 is 1.85 bits per heavy atom. The first-order valence-electron chi connectivity index (χ1n) is 11.0. The molecule has 0 saturated carbocycles. The largest absolute Gasteiger partial charge is 0.461 e. The molecular formula is C24H25ClN2O6. The molecule has 8 nitrogen and oxygen atoms in total. The predicted octanol–water partition coefficient (Wildman–Crippen LogP) is 1.71. The fraction of sp³-hybridized carbons (Fsp3) is 0.458. The Hall–Kier alpha value is -2.68. The Labute approximate surface area is 196 Å². The van der Waals surface area contributed by atoms with E-state index in [4.69, 9.17) is 21.1 Å². The molecule has 1 unspecified atom stereocenters. The van der Waals surface area contributed by atoms with Crippen molar-refractivity contribution in [1.29, 1.82) is 0 Å². The van der Waals surface area contributed by atoms with E-state index in [1.807, 2.05) is 6.08 Å². The van der Waals surface area contributed by atoms with Crippen molar-refractivity contribution in [1.82, 2.24) is 4.90 Å². The zero-order valence-electron chi connectivity index (χ0n) is 18.1. The van der Waals surface area contributed by atoms with Crippen LogP contribution in [0.15, 0.2) is 48.6 Å². The Kier molecular flexibility index (Phi) is 5.34. The number of esters is 1. The first-order valence-corrected chi connectivity index (χ1v) is 11.4. The van der Waals surface area contributed by atoms with Gasteiger partial charge in [-0.2, -0.15) is 0 Å². The average molecular weight is 473 g/mol. The lowest BCUT2D eigenvalue weighted by Gasteiger charge is -2.37. The van der Waals surface area contributed by atoms with Crippen molar-refractivity contribution in [3.05, 3.63) is 53.6 Å². The van der Waals surface area contributed by atoms with E-state index < -0.39 is 35.0 Å². The fourth-order valence-electron chi connectivity index (χ4n) is 5.69. The normalized spacial score (nSPS) is 35.1. The van der Waals surface area contributed by atoms with Crippen molar-refractivity contribution in [2.24, 2.45) is 11.8 Å². The standard InChI is InChI=1S/C24H25ClN2O6/c1-23-9-3-14-32-22(31)18(23)17-20(29)27(12-4-13-28)19-21(30)26(11-2-10-24(17,19)33-23)16-7-5-15(25)6-8-16/h2-3,5-10,17-19,28H,4,11-14H2,1H3/t17-,18+,19?,23-,24-/m0/s1. The molecule has 0 radical (unpaired) electrons. The third-order valence-electron chi connectivity index (χ3n) is 7.01. The van der Waals surface area contributed by atoms with Gasteiger partial charge in [0.2, 0.25) is 5.91 Å². The smallest absolute Gasteiger partial charge is 0.313 e. The van der Waals surface area contributed by atoms with Gasteiger partial charge >= 0.3 is 5.97 Å². The number of likely N-dealkylation sites (tertiary alicyclic amines) is 1. The van der Waals surface area contributed by atoms with Crippen LogP contribution in [0.25, 0.3) is 0 Å². The van der Waals surface area contributed by atoms with E-state index in [1.165, 1.54) is 4.90 Å². The van der Waals surface area contributed by atoms with Crippen LogP contribution in [0.4, 0.5) is 5.69 Å². The molecule has 2 fully saturated rings. The van der Waals surface area contributed by atoms with Gasteiger partial charge in [-0.15, -0.1) is 0 Å². The van der Waals surface area contributed by atoms with Crippen molar-refractivity contribution in [3.63, 3.8) is 0 Å². The van der Waals surface area contributed by atoms with Crippen molar-refractivity contribution >= 4 is 35.1 Å². The van der Waals surface area contributed by atoms with Crippen LogP contribution in [0.3, 0.4) is 0 Å². The van der Waals surface area contributed by atoms with Gasteiger partial charge in [-0.25, -0.2) is 0 Å². The average Bonchev–Trinajstić information content (AvgIpc) is 3.04. The second kappa shape index (κ2) is 7.97. The highest BCUT2D eigenvalue weighted by molar-refractivity contribution is 6.30. The highest BCUT2D eigenvalue weighted by Gasteiger charge is 2.74. The van der Waals surface area contributed by atoms with Gasteiger partial charge in [-0.3, -0.25) is 14.4 Å². The molecule has 174 valence electrons. The number of carbonyl (C=O) groups excluding carboxylic acids is 3. The van der Waals surface area contributed by atoms with Crippen LogP contribution in [0.2, 0.25) is 5.02 Å². The Balaban J connectivity index is 1.63. The summed E-state index contributed by atoms with van der Waals surface area (Å²) >= 11 is 6.03. The number of nitrogens with zero attached hydrogens (tertiary/aromatic N) is 2. The number of carbonyl (C=O) groups is 3. The van der Waals surface area contributed by atoms with E-state index in [0.717, 1.165) is 0 Å². The molecule has 2 amide bonds. The van der Waals surface area contributed by atoms with Crippen LogP contribution in [0.5, 0.6) is 0 Å². The van der Waals surface area contributed by atoms with Crippen LogP contribution in [0, 0.1) is 11.8 Å². The number of rotatable bonds is 4. The molecule has 0 bridgehead atoms. The first-order chi connectivity index (χ1) is 15.8. The molecule has 4 heterocycles. The quantitative estimate of drug-likeness (QED) is 0.529. The molecule has 4 aliphatic rings. The number of aliphatic hydroxyl groups excluding tert-OH is 1. The monoisotopic (exact) mass is 472 g/mol. The molecule has 1 spiro atoms. The van der Waals surface area contributed by atoms with Crippen LogP contribution in [0.1, 0.15) is 13.3 Å². The van der Waals surface area contributed by atoms with Gasteiger partial charge in [0.1, 0.15) is 24.2 Å². The fourth-order valence-corrected chi connectivity index (χ4v) is 5.82. The molecule has 1 N–H and O–H groups in total. The van der Waals surface area contributed by atoms with Crippen molar-refractivity contribution in [2.45, 2.75) is 30.6 Å². The van der Waals surface area contributed by atoms with Crippen LogP contribution < -0.4 is 4.90 Å². The molecule has 33 heavy (non-hydrogen) atoms. The predicted molar refractivity (Wildman–Crippen MR) is 119 cm³/mol. The van der Waals surface area contributed by atoms with Gasteiger partial charge < -0.3 is 24.4 Å². The van der Waals surface area contributed by atoms with E-state index in [0.29, 0.717) is 17.1 Å². The second-order valence-corrected chi connectivity index (χ2v) is 9.40. The van der Waals surface area contributed by atoms with E-state index in [2.05, 4.69) is 0 Å². The molecule has 9 heteroatoms. The molecule has 4 aliphatic heterocycles. The number of hydrogen-bond donors (Lipinski definition) is 1. The second-order valence-electron chi connectivity index (χ2n) is 8.97. The van der Waals surface area contributed by atoms with E-state index in [9.17, 15) is 19.5 Å². The van der Waals surface area contributed by atoms with Gasteiger partial charge in [0.25, 0.3) is 5.91 Å². The molecule has 5 atom stereocenters. The number of benzene rings is 1. The molecule has 0 aromatic heterocycles. The summed E-state index contributed by atoms with van der Waals surface area (Å²) < 4.78 is 11.9. The minimum Gasteiger partial charge on any atom is -0.461 e. The molecule has 1 aromatic rings. The zero-order chi connectivity index (χ0) is 23.4. The summed E-state index contributed by atoms with van der Waals surface area (Å²) in [6.07, 6.45) is 7.36. The number of cyclic esters (lactones) is 1. The van der Waals surface area contributed by atoms with Crippen molar-refractivity contribution in [2.75, 3.05) is 31.2 Å².